The van der Waals surface area contributed by atoms with Crippen molar-refractivity contribution >= 4 is 51.2 Å². The molecule has 9 heteroatoms. The monoisotopic (exact) mass is 467 g/mol. The van der Waals surface area contributed by atoms with Crippen molar-refractivity contribution in [3.8, 4) is 0 Å². The molecule has 2 aliphatic heterocycles. The van der Waals surface area contributed by atoms with Gasteiger partial charge in [-0.05, 0) is 55.8 Å². The van der Waals surface area contributed by atoms with Gasteiger partial charge in [-0.2, -0.15) is 0 Å². The van der Waals surface area contributed by atoms with Crippen LogP contribution >= 0.6 is 23.2 Å². The first-order valence-corrected chi connectivity index (χ1v) is 11.8. The molecule has 2 heterocycles. The number of nitrogens with zero attached hydrogens (tertiary/aromatic N) is 3. The van der Waals surface area contributed by atoms with E-state index in [9.17, 15) is 13.2 Å². The zero-order chi connectivity index (χ0) is 21.4. The Morgan fingerprint density at radius 2 is 1.60 bits per heavy atom. The summed E-state index contributed by atoms with van der Waals surface area (Å²) >= 11 is 12.3. The Kier molecular flexibility index (Phi) is 6.25. The summed E-state index contributed by atoms with van der Waals surface area (Å²) in [6, 6.07) is 12.1. The number of hydrogen-bond acceptors (Lipinski definition) is 5. The Labute approximate surface area is 187 Å². The number of anilines is 2. The molecular weight excluding hydrogens is 445 g/mol. The Bertz CT molecular complexity index is 1000. The van der Waals surface area contributed by atoms with E-state index in [4.69, 9.17) is 23.2 Å². The molecule has 2 fully saturated rings. The molecule has 0 bridgehead atoms. The molecule has 1 amide bonds. The fourth-order valence-corrected chi connectivity index (χ4v) is 5.28. The number of piperazine rings is 1. The standard InChI is InChI=1S/C21H23Cl2N3O3S/c1-14-13-24(8-9-25(14)18-11-15(22)10-16(23)12-18)20-6-7-26(21(20)27)17-2-4-19(5-3-17)30(28)29/h2-5,10-12,14,20,30H,6-9,13H2,1H3/t14-,20+/m0/s1. The first-order valence-electron chi connectivity index (χ1n) is 9.86. The molecule has 160 valence electrons. The second-order valence-corrected chi connectivity index (χ2v) is 9.64. The summed E-state index contributed by atoms with van der Waals surface area (Å²) < 4.78 is 22.2. The second-order valence-electron chi connectivity index (χ2n) is 7.73. The first kappa shape index (κ1) is 21.4. The van der Waals surface area contributed by atoms with Crippen molar-refractivity contribution < 1.29 is 13.2 Å². The van der Waals surface area contributed by atoms with Crippen LogP contribution in [0.2, 0.25) is 10.0 Å². The normalized spacial score (nSPS) is 22.9. The van der Waals surface area contributed by atoms with E-state index in [-0.39, 0.29) is 22.9 Å². The summed E-state index contributed by atoms with van der Waals surface area (Å²) in [6.07, 6.45) is 0.756. The molecule has 2 saturated heterocycles. The number of benzene rings is 2. The average Bonchev–Trinajstić information content (AvgIpc) is 3.08. The van der Waals surface area contributed by atoms with Crippen LogP contribution < -0.4 is 9.80 Å². The Morgan fingerprint density at radius 3 is 2.20 bits per heavy atom. The number of hydrogen-bond donors (Lipinski definition) is 1. The molecule has 4 rings (SSSR count). The molecule has 2 aromatic rings. The lowest BCUT2D eigenvalue weighted by Gasteiger charge is -2.43. The lowest BCUT2D eigenvalue weighted by Crippen LogP contribution is -2.56. The third kappa shape index (κ3) is 4.30. The van der Waals surface area contributed by atoms with Gasteiger partial charge in [0.2, 0.25) is 5.91 Å². The van der Waals surface area contributed by atoms with Crippen molar-refractivity contribution in [3.05, 3.63) is 52.5 Å². The van der Waals surface area contributed by atoms with Crippen molar-refractivity contribution in [1.82, 2.24) is 4.90 Å². The molecule has 0 spiro atoms. The van der Waals surface area contributed by atoms with E-state index in [0.717, 1.165) is 37.4 Å². The maximum atomic E-state index is 13.1. The van der Waals surface area contributed by atoms with Crippen molar-refractivity contribution in [1.29, 1.82) is 0 Å². The maximum Gasteiger partial charge on any atom is 0.244 e. The van der Waals surface area contributed by atoms with Crippen LogP contribution in [-0.4, -0.2) is 57.5 Å². The van der Waals surface area contributed by atoms with E-state index in [2.05, 4.69) is 16.7 Å². The van der Waals surface area contributed by atoms with Gasteiger partial charge in [-0.1, -0.05) is 23.2 Å². The smallest absolute Gasteiger partial charge is 0.244 e. The Hall–Kier alpha value is -1.80. The third-order valence-corrected chi connectivity index (χ3v) is 6.98. The minimum atomic E-state index is -2.62. The van der Waals surface area contributed by atoms with Crippen LogP contribution in [0.15, 0.2) is 47.4 Å². The van der Waals surface area contributed by atoms with Gasteiger partial charge in [0.25, 0.3) is 0 Å². The van der Waals surface area contributed by atoms with Gasteiger partial charge in [0, 0.05) is 53.6 Å². The maximum absolute atomic E-state index is 13.1. The van der Waals surface area contributed by atoms with Gasteiger partial charge in [0.15, 0.2) is 10.7 Å². The fraction of sp³-hybridized carbons (Fsp3) is 0.381. The van der Waals surface area contributed by atoms with Crippen LogP contribution in [0.25, 0.3) is 0 Å². The summed E-state index contributed by atoms with van der Waals surface area (Å²) in [7, 11) is -2.62. The molecule has 0 unspecified atom stereocenters. The summed E-state index contributed by atoms with van der Waals surface area (Å²) in [5, 5.41) is 1.22. The molecule has 0 N–H and O–H groups in total. The largest absolute Gasteiger partial charge is 0.366 e. The highest BCUT2D eigenvalue weighted by Gasteiger charge is 2.39. The predicted octanol–water partition coefficient (Wildman–Crippen LogP) is 3.28. The molecule has 0 aromatic heterocycles. The molecule has 0 radical (unpaired) electrons. The number of carbonyl (C=O) groups is 1. The summed E-state index contributed by atoms with van der Waals surface area (Å²) in [4.78, 5) is 19.6. The minimum absolute atomic E-state index is 0.0701. The van der Waals surface area contributed by atoms with E-state index in [1.54, 1.807) is 35.2 Å². The second kappa shape index (κ2) is 8.75. The van der Waals surface area contributed by atoms with Crippen LogP contribution in [0.5, 0.6) is 0 Å². The van der Waals surface area contributed by atoms with E-state index in [0.29, 0.717) is 16.6 Å². The molecular formula is C21H23Cl2N3O3S. The van der Waals surface area contributed by atoms with Crippen molar-refractivity contribution in [2.75, 3.05) is 36.0 Å². The highest BCUT2D eigenvalue weighted by molar-refractivity contribution is 7.72. The number of thiol groups is 1. The summed E-state index contributed by atoms with van der Waals surface area (Å²) in [6.45, 7) is 5.09. The van der Waals surface area contributed by atoms with Crippen LogP contribution in [0, 0.1) is 0 Å². The molecule has 2 atom stereocenters. The van der Waals surface area contributed by atoms with Crippen molar-refractivity contribution in [2.24, 2.45) is 0 Å². The summed E-state index contributed by atoms with van der Waals surface area (Å²) in [5.74, 6) is 0.0701. The van der Waals surface area contributed by atoms with E-state index in [1.807, 2.05) is 12.1 Å². The summed E-state index contributed by atoms with van der Waals surface area (Å²) in [5.41, 5.74) is 1.74. The Morgan fingerprint density at radius 1 is 0.933 bits per heavy atom. The molecule has 2 aliphatic rings. The number of rotatable bonds is 4. The van der Waals surface area contributed by atoms with E-state index < -0.39 is 10.7 Å². The van der Waals surface area contributed by atoms with Gasteiger partial charge < -0.3 is 9.80 Å². The quantitative estimate of drug-likeness (QED) is 0.699. The predicted molar refractivity (Wildman–Crippen MR) is 121 cm³/mol. The number of carbonyl (C=O) groups excluding carboxylic acids is 1. The average molecular weight is 468 g/mol. The minimum Gasteiger partial charge on any atom is -0.366 e. The van der Waals surface area contributed by atoms with E-state index in [1.165, 1.54) is 0 Å². The van der Waals surface area contributed by atoms with Gasteiger partial charge in [0.1, 0.15) is 0 Å². The lowest BCUT2D eigenvalue weighted by molar-refractivity contribution is -0.121. The first-order chi connectivity index (χ1) is 14.3. The van der Waals surface area contributed by atoms with E-state index >= 15 is 0 Å². The number of halogens is 2. The molecule has 0 saturated carbocycles. The van der Waals surface area contributed by atoms with Gasteiger partial charge in [-0.15, -0.1) is 0 Å². The van der Waals surface area contributed by atoms with Gasteiger partial charge in [-0.3, -0.25) is 9.69 Å². The lowest BCUT2D eigenvalue weighted by atomic mass is 10.1. The topological polar surface area (TPSA) is 60.9 Å². The molecule has 30 heavy (non-hydrogen) atoms. The molecule has 2 aromatic carbocycles. The van der Waals surface area contributed by atoms with Crippen molar-refractivity contribution in [3.63, 3.8) is 0 Å². The molecule has 0 aliphatic carbocycles. The van der Waals surface area contributed by atoms with Crippen LogP contribution in [0.4, 0.5) is 11.4 Å². The SMILES string of the molecule is C[C@H]1CN([C@@H]2CCN(c3ccc([SH](=O)=O)cc3)C2=O)CCN1c1cc(Cl)cc(Cl)c1. The number of amides is 1. The highest BCUT2D eigenvalue weighted by Crippen LogP contribution is 2.30. The highest BCUT2D eigenvalue weighted by atomic mass is 35.5. The van der Waals surface area contributed by atoms with Crippen molar-refractivity contribution in [2.45, 2.75) is 30.3 Å². The van der Waals surface area contributed by atoms with Gasteiger partial charge >= 0.3 is 0 Å². The third-order valence-electron chi connectivity index (χ3n) is 5.83. The molecule has 6 nitrogen and oxygen atoms in total. The van der Waals surface area contributed by atoms with Crippen LogP contribution in [-0.2, 0) is 15.5 Å². The van der Waals surface area contributed by atoms with Gasteiger partial charge in [0.05, 0.1) is 10.9 Å². The van der Waals surface area contributed by atoms with Gasteiger partial charge in [-0.25, -0.2) is 8.42 Å². The zero-order valence-electron chi connectivity index (χ0n) is 16.5. The fourth-order valence-electron chi connectivity index (χ4n) is 4.37. The van der Waals surface area contributed by atoms with Crippen LogP contribution in [0.3, 0.4) is 0 Å². The Balaban J connectivity index is 1.44. The zero-order valence-corrected chi connectivity index (χ0v) is 18.9. The van der Waals surface area contributed by atoms with Crippen LogP contribution in [0.1, 0.15) is 13.3 Å².